The van der Waals surface area contributed by atoms with Crippen molar-refractivity contribution in [3.63, 3.8) is 0 Å². The number of ether oxygens (including phenoxy) is 3. The molecule has 2 N–H and O–H groups in total. The molecule has 10 nitrogen and oxygen atoms in total. The number of hydrogen-bond acceptors (Lipinski definition) is 7. The van der Waals surface area contributed by atoms with Crippen molar-refractivity contribution in [2.45, 2.75) is 71.4 Å². The molecule has 0 aromatic heterocycles. The molecule has 1 atom stereocenters. The van der Waals surface area contributed by atoms with Crippen LogP contribution in [0.3, 0.4) is 0 Å². The molecule has 2 rings (SSSR count). The minimum absolute atomic E-state index is 0.105. The molecular formula is C24H41N5O5. The number of nitrogens with one attached hydrogen (secondary N) is 2. The third-order valence-corrected chi connectivity index (χ3v) is 6.94. The molecule has 0 aromatic carbocycles. The SMILES string of the molecule is COCCOC(=O)N/C(=N\C(CC(C)(C)C(C)C)C(=O)NC1(C#N)CCCC1)N1CCOCC1. The molecule has 0 bridgehead atoms. The lowest BCUT2D eigenvalue weighted by Gasteiger charge is -2.34. The molecule has 1 heterocycles. The van der Waals surface area contributed by atoms with Gasteiger partial charge in [0.2, 0.25) is 11.9 Å². The first-order valence-electron chi connectivity index (χ1n) is 12.2. The molecule has 1 saturated heterocycles. The van der Waals surface area contributed by atoms with Crippen molar-refractivity contribution in [2.75, 3.05) is 46.6 Å². The van der Waals surface area contributed by atoms with Crippen LogP contribution in [0.15, 0.2) is 4.99 Å². The van der Waals surface area contributed by atoms with Gasteiger partial charge >= 0.3 is 6.09 Å². The van der Waals surface area contributed by atoms with Crippen molar-refractivity contribution in [3.8, 4) is 6.07 Å². The van der Waals surface area contributed by atoms with Gasteiger partial charge in [-0.25, -0.2) is 9.79 Å². The van der Waals surface area contributed by atoms with E-state index in [1.54, 1.807) is 0 Å². The van der Waals surface area contributed by atoms with Crippen molar-refractivity contribution >= 4 is 18.0 Å². The maximum atomic E-state index is 13.5. The van der Waals surface area contributed by atoms with Gasteiger partial charge in [-0.1, -0.05) is 27.7 Å². The third kappa shape index (κ3) is 8.13. The predicted octanol–water partition coefficient (Wildman–Crippen LogP) is 2.44. The van der Waals surface area contributed by atoms with Gasteiger partial charge in [0.25, 0.3) is 0 Å². The third-order valence-electron chi connectivity index (χ3n) is 6.94. The zero-order valence-electron chi connectivity index (χ0n) is 21.3. The zero-order valence-corrected chi connectivity index (χ0v) is 21.3. The second kappa shape index (κ2) is 12.9. The number of guanidine groups is 1. The van der Waals surface area contributed by atoms with Gasteiger partial charge in [0.1, 0.15) is 18.2 Å². The number of aliphatic imine (C=N–C) groups is 1. The van der Waals surface area contributed by atoms with Crippen LogP contribution in [-0.2, 0) is 19.0 Å². The van der Waals surface area contributed by atoms with Gasteiger partial charge in [-0.05, 0) is 43.4 Å². The molecule has 2 aliphatic rings. The Balaban J connectivity index is 2.33. The highest BCUT2D eigenvalue weighted by molar-refractivity contribution is 5.96. The summed E-state index contributed by atoms with van der Waals surface area (Å²) in [5.74, 6) is 0.286. The highest BCUT2D eigenvalue weighted by atomic mass is 16.6. The molecule has 10 heteroatoms. The lowest BCUT2D eigenvalue weighted by molar-refractivity contribution is -0.124. The monoisotopic (exact) mass is 479 g/mol. The van der Waals surface area contributed by atoms with E-state index in [2.05, 4.69) is 44.4 Å². The molecule has 2 amide bonds. The fourth-order valence-corrected chi connectivity index (χ4v) is 3.95. The van der Waals surface area contributed by atoms with E-state index in [4.69, 9.17) is 19.2 Å². The minimum Gasteiger partial charge on any atom is -0.447 e. The van der Waals surface area contributed by atoms with Crippen LogP contribution < -0.4 is 10.6 Å². The Kier molecular flexibility index (Phi) is 10.6. The Morgan fingerprint density at radius 3 is 2.41 bits per heavy atom. The lowest BCUT2D eigenvalue weighted by Crippen LogP contribution is -2.53. The molecule has 34 heavy (non-hydrogen) atoms. The van der Waals surface area contributed by atoms with Crippen molar-refractivity contribution < 1.29 is 23.8 Å². The summed E-state index contributed by atoms with van der Waals surface area (Å²) in [5, 5.41) is 15.5. The van der Waals surface area contributed by atoms with E-state index in [-0.39, 0.29) is 30.5 Å². The van der Waals surface area contributed by atoms with Crippen LogP contribution in [0.25, 0.3) is 0 Å². The highest BCUT2D eigenvalue weighted by Gasteiger charge is 2.39. The minimum atomic E-state index is -0.849. The number of carbonyl (C=O) groups is 2. The van der Waals surface area contributed by atoms with Gasteiger partial charge < -0.3 is 24.4 Å². The Morgan fingerprint density at radius 2 is 1.85 bits per heavy atom. The molecule has 0 radical (unpaired) electrons. The molecule has 2 fully saturated rings. The van der Waals surface area contributed by atoms with Crippen molar-refractivity contribution in [2.24, 2.45) is 16.3 Å². The summed E-state index contributed by atoms with van der Waals surface area (Å²) in [5.41, 5.74) is -1.05. The van der Waals surface area contributed by atoms with Crippen LogP contribution in [0, 0.1) is 22.7 Å². The number of nitrogens with zero attached hydrogens (tertiary/aromatic N) is 3. The van der Waals surface area contributed by atoms with Gasteiger partial charge in [-0.2, -0.15) is 5.26 Å². The summed E-state index contributed by atoms with van der Waals surface area (Å²) in [7, 11) is 1.53. The number of methoxy groups -OCH3 is 1. The largest absolute Gasteiger partial charge is 0.447 e. The number of nitriles is 1. The average molecular weight is 480 g/mol. The summed E-state index contributed by atoms with van der Waals surface area (Å²) in [6.07, 6.45) is 2.90. The summed E-state index contributed by atoms with van der Waals surface area (Å²) >= 11 is 0. The summed E-state index contributed by atoms with van der Waals surface area (Å²) in [6, 6.07) is 1.54. The highest BCUT2D eigenvalue weighted by Crippen LogP contribution is 2.34. The first kappa shape index (κ1) is 27.9. The Bertz CT molecular complexity index is 749. The average Bonchev–Trinajstić information content (AvgIpc) is 3.27. The fourth-order valence-electron chi connectivity index (χ4n) is 3.95. The first-order valence-corrected chi connectivity index (χ1v) is 12.2. The fraction of sp³-hybridized carbons (Fsp3) is 0.833. The van der Waals surface area contributed by atoms with E-state index in [9.17, 15) is 14.9 Å². The van der Waals surface area contributed by atoms with E-state index in [1.165, 1.54) is 7.11 Å². The Hall–Kier alpha value is -2.38. The van der Waals surface area contributed by atoms with E-state index in [0.717, 1.165) is 12.8 Å². The second-order valence-corrected chi connectivity index (χ2v) is 10.1. The van der Waals surface area contributed by atoms with Crippen LogP contribution in [0.1, 0.15) is 59.8 Å². The van der Waals surface area contributed by atoms with Gasteiger partial charge in [-0.15, -0.1) is 0 Å². The lowest BCUT2D eigenvalue weighted by atomic mass is 9.76. The van der Waals surface area contributed by atoms with Crippen LogP contribution in [0.4, 0.5) is 4.79 Å². The Labute approximate surface area is 203 Å². The van der Waals surface area contributed by atoms with Crippen molar-refractivity contribution in [3.05, 3.63) is 0 Å². The smallest absolute Gasteiger partial charge is 0.414 e. The van der Waals surface area contributed by atoms with Gasteiger partial charge in [0, 0.05) is 20.2 Å². The van der Waals surface area contributed by atoms with Crippen LogP contribution in [0.5, 0.6) is 0 Å². The molecule has 1 saturated carbocycles. The molecule has 0 aromatic rings. The summed E-state index contributed by atoms with van der Waals surface area (Å²) in [4.78, 5) is 32.6. The molecule has 1 aliphatic carbocycles. The maximum Gasteiger partial charge on any atom is 0.414 e. The summed E-state index contributed by atoms with van der Waals surface area (Å²) in [6.45, 7) is 10.9. The number of carbonyl (C=O) groups excluding carboxylic acids is 2. The molecular weight excluding hydrogens is 438 g/mol. The quantitative estimate of drug-likeness (QED) is 0.296. The predicted molar refractivity (Wildman–Crippen MR) is 128 cm³/mol. The number of alkyl carbamates (subject to hydrolysis) is 1. The Morgan fingerprint density at radius 1 is 1.21 bits per heavy atom. The maximum absolute atomic E-state index is 13.5. The number of amides is 2. The van der Waals surface area contributed by atoms with Gasteiger partial charge in [0.05, 0.1) is 25.9 Å². The molecule has 192 valence electrons. The standard InChI is InChI=1S/C24H41N5O5/c1-18(2)23(3,4)16-19(20(30)28-24(17-25)8-6-7-9-24)26-21(29-10-12-33-13-11-29)27-22(31)34-15-14-32-5/h18-19H,6-16H2,1-5H3,(H,28,30)(H,26,27,31). The summed E-state index contributed by atoms with van der Waals surface area (Å²) < 4.78 is 15.5. The topological polar surface area (TPSA) is 125 Å². The van der Waals surface area contributed by atoms with Crippen LogP contribution >= 0.6 is 0 Å². The van der Waals surface area contributed by atoms with E-state index in [0.29, 0.717) is 51.5 Å². The van der Waals surface area contributed by atoms with Gasteiger partial charge in [-0.3, -0.25) is 10.1 Å². The second-order valence-electron chi connectivity index (χ2n) is 10.1. The number of hydrogen-bond donors (Lipinski definition) is 2. The first-order chi connectivity index (χ1) is 16.1. The normalized spacial score (nSPS) is 19.4. The van der Waals surface area contributed by atoms with Crippen molar-refractivity contribution in [1.82, 2.24) is 15.5 Å². The van der Waals surface area contributed by atoms with E-state index in [1.807, 2.05) is 4.90 Å². The number of morpholine rings is 1. The van der Waals surface area contributed by atoms with E-state index < -0.39 is 17.7 Å². The molecule has 1 unspecified atom stereocenters. The van der Waals surface area contributed by atoms with Gasteiger partial charge in [0.15, 0.2) is 0 Å². The van der Waals surface area contributed by atoms with E-state index >= 15 is 0 Å². The van der Waals surface area contributed by atoms with Crippen molar-refractivity contribution in [1.29, 1.82) is 5.26 Å². The van der Waals surface area contributed by atoms with Crippen LogP contribution in [0.2, 0.25) is 0 Å². The van der Waals surface area contributed by atoms with Crippen LogP contribution in [-0.4, -0.2) is 81.1 Å². The zero-order chi connectivity index (χ0) is 25.2. The molecule has 1 aliphatic heterocycles. The number of rotatable bonds is 9. The molecule has 0 spiro atoms.